The van der Waals surface area contributed by atoms with Gasteiger partial charge in [-0.05, 0) is 55.0 Å². The van der Waals surface area contributed by atoms with Gasteiger partial charge in [-0.3, -0.25) is 0 Å². The van der Waals surface area contributed by atoms with Crippen LogP contribution in [0.4, 0.5) is 0 Å². The highest BCUT2D eigenvalue weighted by Gasteiger charge is 2.18. The fourth-order valence-electron chi connectivity index (χ4n) is 3.34. The minimum absolute atomic E-state index is 0.135. The third-order valence-electron chi connectivity index (χ3n) is 4.92. The molecule has 2 atom stereocenters. The van der Waals surface area contributed by atoms with Crippen LogP contribution in [0.5, 0.6) is 5.75 Å². The Bertz CT molecular complexity index is 643. The Morgan fingerprint density at radius 3 is 2.32 bits per heavy atom. The summed E-state index contributed by atoms with van der Waals surface area (Å²) < 4.78 is 11.1. The number of nitrogens with one attached hydrogen (secondary N) is 1. The molecule has 28 heavy (non-hydrogen) atoms. The van der Waals surface area contributed by atoms with E-state index in [4.69, 9.17) is 15.2 Å². The predicted molar refractivity (Wildman–Crippen MR) is 117 cm³/mol. The lowest BCUT2D eigenvalue weighted by Crippen LogP contribution is -2.47. The van der Waals surface area contributed by atoms with Crippen molar-refractivity contribution in [3.05, 3.63) is 65.7 Å². The van der Waals surface area contributed by atoms with Gasteiger partial charge in [0.2, 0.25) is 0 Å². The Labute approximate surface area is 170 Å². The molecule has 0 heterocycles. The van der Waals surface area contributed by atoms with Crippen LogP contribution in [-0.4, -0.2) is 32.3 Å². The van der Waals surface area contributed by atoms with Crippen LogP contribution in [0.3, 0.4) is 0 Å². The van der Waals surface area contributed by atoms with E-state index in [0.717, 1.165) is 31.6 Å². The van der Waals surface area contributed by atoms with Crippen molar-refractivity contribution >= 4 is 0 Å². The van der Waals surface area contributed by atoms with E-state index in [1.165, 1.54) is 11.1 Å². The number of hydrogen-bond acceptors (Lipinski definition) is 4. The summed E-state index contributed by atoms with van der Waals surface area (Å²) in [5.74, 6) is 1.48. The molecule has 2 unspecified atom stereocenters. The normalized spacial score (nSPS) is 13.5. The summed E-state index contributed by atoms with van der Waals surface area (Å²) in [7, 11) is 1.69. The molecular formula is C24H36N2O2. The van der Waals surface area contributed by atoms with E-state index in [-0.39, 0.29) is 12.1 Å². The highest BCUT2D eigenvalue weighted by Crippen LogP contribution is 2.13. The fraction of sp³-hybridized carbons (Fsp3) is 0.500. The van der Waals surface area contributed by atoms with Crippen LogP contribution in [0.25, 0.3) is 0 Å². The highest BCUT2D eigenvalue weighted by molar-refractivity contribution is 5.27. The van der Waals surface area contributed by atoms with Gasteiger partial charge in [-0.1, -0.05) is 56.3 Å². The molecule has 2 rings (SSSR count). The zero-order valence-electron chi connectivity index (χ0n) is 17.6. The standard InChI is InChI=1S/C24H36N2O2/c1-19(2)17-23(25)24(14-16-28-18-21-7-5-4-6-8-21)26-15-13-20-9-11-22(27-3)12-10-20/h4-12,19,23-24,26H,13-18,25H2,1-3H3. The summed E-state index contributed by atoms with van der Waals surface area (Å²) in [5.41, 5.74) is 9.00. The Morgan fingerprint density at radius 1 is 0.964 bits per heavy atom. The second kappa shape index (κ2) is 12.6. The van der Waals surface area contributed by atoms with Crippen LogP contribution in [-0.2, 0) is 17.8 Å². The lowest BCUT2D eigenvalue weighted by atomic mass is 9.96. The largest absolute Gasteiger partial charge is 0.497 e. The number of ether oxygens (including phenoxy) is 2. The van der Waals surface area contributed by atoms with E-state index >= 15 is 0 Å². The monoisotopic (exact) mass is 384 g/mol. The molecule has 0 bridgehead atoms. The molecule has 0 spiro atoms. The van der Waals surface area contributed by atoms with Crippen LogP contribution in [0.1, 0.15) is 37.8 Å². The van der Waals surface area contributed by atoms with E-state index in [0.29, 0.717) is 19.1 Å². The second-order valence-electron chi connectivity index (χ2n) is 7.78. The Kier molecular flexibility index (Phi) is 10.0. The van der Waals surface area contributed by atoms with Crippen molar-refractivity contribution in [1.29, 1.82) is 0 Å². The first-order chi connectivity index (χ1) is 13.6. The first kappa shape index (κ1) is 22.4. The predicted octanol–water partition coefficient (Wildman–Crippen LogP) is 4.18. The summed E-state index contributed by atoms with van der Waals surface area (Å²) >= 11 is 0. The molecule has 2 aromatic rings. The molecule has 0 amide bonds. The molecule has 0 aliphatic rings. The molecule has 0 aromatic heterocycles. The number of benzene rings is 2. The van der Waals surface area contributed by atoms with Crippen LogP contribution in [0.15, 0.2) is 54.6 Å². The fourth-order valence-corrected chi connectivity index (χ4v) is 3.34. The summed E-state index contributed by atoms with van der Waals surface area (Å²) in [6.07, 6.45) is 2.90. The van der Waals surface area contributed by atoms with E-state index < -0.39 is 0 Å². The van der Waals surface area contributed by atoms with Crippen molar-refractivity contribution in [3.8, 4) is 5.75 Å². The average molecular weight is 385 g/mol. The van der Waals surface area contributed by atoms with Crippen LogP contribution in [0.2, 0.25) is 0 Å². The Hall–Kier alpha value is -1.88. The molecule has 0 saturated heterocycles. The van der Waals surface area contributed by atoms with Crippen LogP contribution < -0.4 is 15.8 Å². The number of hydrogen-bond donors (Lipinski definition) is 2. The van der Waals surface area contributed by atoms with Crippen LogP contribution >= 0.6 is 0 Å². The maximum absolute atomic E-state index is 6.49. The Balaban J connectivity index is 1.78. The SMILES string of the molecule is COc1ccc(CCNC(CCOCc2ccccc2)C(N)CC(C)C)cc1. The van der Waals surface area contributed by atoms with Gasteiger partial charge in [-0.15, -0.1) is 0 Å². The van der Waals surface area contributed by atoms with Gasteiger partial charge in [0.25, 0.3) is 0 Å². The molecule has 4 heteroatoms. The van der Waals surface area contributed by atoms with Gasteiger partial charge in [0.1, 0.15) is 5.75 Å². The first-order valence-electron chi connectivity index (χ1n) is 10.3. The third kappa shape index (κ3) is 8.42. The van der Waals surface area contributed by atoms with Crippen molar-refractivity contribution in [2.75, 3.05) is 20.3 Å². The summed E-state index contributed by atoms with van der Waals surface area (Å²) in [4.78, 5) is 0. The van der Waals surface area contributed by atoms with Crippen LogP contribution in [0, 0.1) is 5.92 Å². The molecule has 3 N–H and O–H groups in total. The summed E-state index contributed by atoms with van der Waals surface area (Å²) in [6, 6.07) is 18.9. The summed E-state index contributed by atoms with van der Waals surface area (Å²) in [6.45, 7) is 6.71. The van der Waals surface area contributed by atoms with E-state index in [9.17, 15) is 0 Å². The number of methoxy groups -OCH3 is 1. The van der Waals surface area contributed by atoms with Gasteiger partial charge in [-0.2, -0.15) is 0 Å². The van der Waals surface area contributed by atoms with Gasteiger partial charge in [0, 0.05) is 18.7 Å². The van der Waals surface area contributed by atoms with E-state index in [1.807, 2.05) is 30.3 Å². The van der Waals surface area contributed by atoms with Crippen molar-refractivity contribution in [2.45, 2.75) is 51.8 Å². The molecular weight excluding hydrogens is 348 g/mol. The minimum Gasteiger partial charge on any atom is -0.497 e. The highest BCUT2D eigenvalue weighted by atomic mass is 16.5. The molecule has 0 fully saturated rings. The number of rotatable bonds is 13. The zero-order chi connectivity index (χ0) is 20.2. The van der Waals surface area contributed by atoms with Crippen molar-refractivity contribution in [2.24, 2.45) is 11.7 Å². The Morgan fingerprint density at radius 2 is 1.68 bits per heavy atom. The van der Waals surface area contributed by atoms with Gasteiger partial charge in [0.15, 0.2) is 0 Å². The maximum Gasteiger partial charge on any atom is 0.118 e. The molecule has 0 saturated carbocycles. The zero-order valence-corrected chi connectivity index (χ0v) is 17.6. The lowest BCUT2D eigenvalue weighted by molar-refractivity contribution is 0.107. The minimum atomic E-state index is 0.135. The quantitative estimate of drug-likeness (QED) is 0.509. The molecule has 2 aromatic carbocycles. The molecule has 154 valence electrons. The van der Waals surface area contributed by atoms with Crippen molar-refractivity contribution < 1.29 is 9.47 Å². The number of nitrogens with two attached hydrogens (primary N) is 1. The van der Waals surface area contributed by atoms with Gasteiger partial charge in [-0.25, -0.2) is 0 Å². The van der Waals surface area contributed by atoms with E-state index in [1.54, 1.807) is 7.11 Å². The molecule has 0 aliphatic heterocycles. The first-order valence-corrected chi connectivity index (χ1v) is 10.3. The van der Waals surface area contributed by atoms with Crippen molar-refractivity contribution in [3.63, 3.8) is 0 Å². The maximum atomic E-state index is 6.49. The second-order valence-corrected chi connectivity index (χ2v) is 7.78. The molecule has 0 radical (unpaired) electrons. The average Bonchev–Trinajstić information content (AvgIpc) is 2.70. The van der Waals surface area contributed by atoms with Gasteiger partial charge in [0.05, 0.1) is 13.7 Å². The summed E-state index contributed by atoms with van der Waals surface area (Å²) in [5, 5.41) is 3.66. The van der Waals surface area contributed by atoms with Gasteiger partial charge >= 0.3 is 0 Å². The van der Waals surface area contributed by atoms with Gasteiger partial charge < -0.3 is 20.5 Å². The topological polar surface area (TPSA) is 56.5 Å². The lowest BCUT2D eigenvalue weighted by Gasteiger charge is -2.26. The molecule has 0 aliphatic carbocycles. The third-order valence-corrected chi connectivity index (χ3v) is 4.92. The van der Waals surface area contributed by atoms with Crippen molar-refractivity contribution in [1.82, 2.24) is 5.32 Å². The van der Waals surface area contributed by atoms with E-state index in [2.05, 4.69) is 43.4 Å². The smallest absolute Gasteiger partial charge is 0.118 e. The molecule has 4 nitrogen and oxygen atoms in total.